The molecule has 0 unspecified atom stereocenters. The molecule has 1 aromatic carbocycles. The van der Waals surface area contributed by atoms with Crippen LogP contribution >= 0.6 is 0 Å². The Hall–Kier alpha value is -1.39. The van der Waals surface area contributed by atoms with Crippen LogP contribution in [0.1, 0.15) is 38.3 Å². The van der Waals surface area contributed by atoms with Gasteiger partial charge >= 0.3 is 0 Å². The fraction of sp³-hybridized carbons (Fsp3) is 0.632. The molecule has 1 aromatic rings. The van der Waals surface area contributed by atoms with Crippen molar-refractivity contribution in [1.29, 1.82) is 0 Å². The Morgan fingerprint density at radius 2 is 1.61 bits per heavy atom. The first-order chi connectivity index (χ1) is 11.1. The second-order valence-electron chi connectivity index (χ2n) is 6.90. The first kappa shape index (κ1) is 18.0. The molecule has 0 aliphatic carbocycles. The number of hydrogen-bond donors (Lipinski definition) is 1. The largest absolute Gasteiger partial charge is 0.352 e. The molecule has 1 heterocycles. The van der Waals surface area contributed by atoms with Crippen LogP contribution in [0, 0.1) is 5.92 Å². The molecule has 1 amide bonds. The van der Waals surface area contributed by atoms with E-state index in [-0.39, 0.29) is 5.91 Å². The minimum atomic E-state index is 0.137. The van der Waals surface area contributed by atoms with E-state index in [2.05, 4.69) is 60.2 Å². The van der Waals surface area contributed by atoms with Gasteiger partial charge in [-0.2, -0.15) is 0 Å². The number of benzene rings is 1. The van der Waals surface area contributed by atoms with E-state index in [1.165, 1.54) is 24.2 Å². The van der Waals surface area contributed by atoms with Gasteiger partial charge in [0.2, 0.25) is 5.91 Å². The summed E-state index contributed by atoms with van der Waals surface area (Å²) in [5, 5.41) is 2.99. The highest BCUT2D eigenvalue weighted by molar-refractivity contribution is 5.76. The molecule has 1 aliphatic heterocycles. The van der Waals surface area contributed by atoms with Crippen molar-refractivity contribution in [2.24, 2.45) is 5.92 Å². The van der Waals surface area contributed by atoms with Crippen molar-refractivity contribution < 1.29 is 4.79 Å². The Morgan fingerprint density at radius 3 is 2.17 bits per heavy atom. The van der Waals surface area contributed by atoms with Crippen molar-refractivity contribution in [3.63, 3.8) is 0 Å². The van der Waals surface area contributed by atoms with Crippen molar-refractivity contribution in [2.75, 3.05) is 32.7 Å². The molecule has 0 radical (unpaired) electrons. The van der Waals surface area contributed by atoms with Gasteiger partial charge in [-0.1, -0.05) is 45.0 Å². The first-order valence-electron chi connectivity index (χ1n) is 8.86. The summed E-state index contributed by atoms with van der Waals surface area (Å²) in [4.78, 5) is 16.7. The molecule has 1 saturated heterocycles. The van der Waals surface area contributed by atoms with E-state index in [0.717, 1.165) is 26.2 Å². The number of carbonyl (C=O) groups excluding carboxylic acids is 1. The third-order valence-corrected chi connectivity index (χ3v) is 4.42. The molecule has 0 bridgehead atoms. The summed E-state index contributed by atoms with van der Waals surface area (Å²) in [6, 6.07) is 8.65. The summed E-state index contributed by atoms with van der Waals surface area (Å²) < 4.78 is 0. The van der Waals surface area contributed by atoms with E-state index in [4.69, 9.17) is 0 Å². The quantitative estimate of drug-likeness (QED) is 0.839. The fourth-order valence-corrected chi connectivity index (χ4v) is 2.93. The number of nitrogens with one attached hydrogen (secondary N) is 1. The zero-order valence-corrected chi connectivity index (χ0v) is 14.8. The van der Waals surface area contributed by atoms with Gasteiger partial charge in [0.05, 0.1) is 0 Å². The van der Waals surface area contributed by atoms with E-state index in [0.29, 0.717) is 18.9 Å². The van der Waals surface area contributed by atoms with E-state index in [9.17, 15) is 4.79 Å². The molecular weight excluding hydrogens is 286 g/mol. The minimum absolute atomic E-state index is 0.137. The fourth-order valence-electron chi connectivity index (χ4n) is 2.93. The number of piperazine rings is 1. The lowest BCUT2D eigenvalue weighted by atomic mass is 10.1. The summed E-state index contributed by atoms with van der Waals surface area (Å²) in [5.41, 5.74) is 2.52. The average molecular weight is 317 g/mol. The summed E-state index contributed by atoms with van der Waals surface area (Å²) in [5.74, 6) is 0.545. The van der Waals surface area contributed by atoms with Crippen molar-refractivity contribution in [1.82, 2.24) is 15.1 Å². The van der Waals surface area contributed by atoms with Gasteiger partial charge in [0.15, 0.2) is 0 Å². The molecule has 0 spiro atoms. The molecule has 4 nitrogen and oxygen atoms in total. The molecule has 0 atom stereocenters. The molecule has 128 valence electrons. The van der Waals surface area contributed by atoms with Crippen LogP contribution in [0.25, 0.3) is 0 Å². The molecule has 23 heavy (non-hydrogen) atoms. The highest BCUT2D eigenvalue weighted by Gasteiger charge is 2.15. The summed E-state index contributed by atoms with van der Waals surface area (Å²) in [7, 11) is 0. The number of hydrogen-bond acceptors (Lipinski definition) is 3. The maximum atomic E-state index is 11.7. The highest BCUT2D eigenvalue weighted by Crippen LogP contribution is 2.10. The number of amides is 1. The minimum Gasteiger partial charge on any atom is -0.352 e. The van der Waals surface area contributed by atoms with Crippen molar-refractivity contribution in [3.05, 3.63) is 35.4 Å². The van der Waals surface area contributed by atoms with Crippen LogP contribution < -0.4 is 5.32 Å². The predicted octanol–water partition coefficient (Wildman–Crippen LogP) is 2.49. The SMILES string of the molecule is CCN1CCN(Cc2ccc(CNC(=O)CC(C)C)cc2)CC1. The van der Waals surface area contributed by atoms with Gasteiger partial charge in [-0.15, -0.1) is 0 Å². The van der Waals surface area contributed by atoms with Crippen LogP contribution in [0.4, 0.5) is 0 Å². The lowest BCUT2D eigenvalue weighted by Crippen LogP contribution is -2.45. The molecule has 2 rings (SSSR count). The zero-order chi connectivity index (χ0) is 16.7. The second-order valence-corrected chi connectivity index (χ2v) is 6.90. The Labute approximate surface area is 140 Å². The number of carbonyl (C=O) groups is 1. The van der Waals surface area contributed by atoms with Crippen LogP contribution in [-0.4, -0.2) is 48.4 Å². The van der Waals surface area contributed by atoms with E-state index >= 15 is 0 Å². The van der Waals surface area contributed by atoms with Crippen LogP contribution in [0.3, 0.4) is 0 Å². The van der Waals surface area contributed by atoms with Gasteiger partial charge < -0.3 is 10.2 Å². The van der Waals surface area contributed by atoms with Crippen LogP contribution in [-0.2, 0) is 17.9 Å². The van der Waals surface area contributed by atoms with Crippen LogP contribution in [0.2, 0.25) is 0 Å². The normalized spacial score (nSPS) is 16.7. The Bertz CT molecular complexity index is 476. The van der Waals surface area contributed by atoms with E-state index in [1.54, 1.807) is 0 Å². The molecule has 1 aliphatic rings. The second kappa shape index (κ2) is 9.04. The topological polar surface area (TPSA) is 35.6 Å². The number of rotatable bonds is 7. The van der Waals surface area contributed by atoms with E-state index < -0.39 is 0 Å². The van der Waals surface area contributed by atoms with Crippen LogP contribution in [0.15, 0.2) is 24.3 Å². The Morgan fingerprint density at radius 1 is 1.04 bits per heavy atom. The van der Waals surface area contributed by atoms with Crippen LogP contribution in [0.5, 0.6) is 0 Å². The van der Waals surface area contributed by atoms with Gasteiger partial charge in [0.25, 0.3) is 0 Å². The monoisotopic (exact) mass is 317 g/mol. The van der Waals surface area contributed by atoms with Gasteiger partial charge in [-0.05, 0) is 23.6 Å². The first-order valence-corrected chi connectivity index (χ1v) is 8.86. The lowest BCUT2D eigenvalue weighted by molar-refractivity contribution is -0.121. The Kier molecular flexibility index (Phi) is 7.06. The maximum Gasteiger partial charge on any atom is 0.220 e. The predicted molar refractivity (Wildman–Crippen MR) is 95.1 cm³/mol. The summed E-state index contributed by atoms with van der Waals surface area (Å²) in [6.45, 7) is 13.8. The molecule has 0 aromatic heterocycles. The number of nitrogens with zero attached hydrogens (tertiary/aromatic N) is 2. The van der Waals surface area contributed by atoms with Gasteiger partial charge in [0.1, 0.15) is 0 Å². The highest BCUT2D eigenvalue weighted by atomic mass is 16.1. The molecule has 4 heteroatoms. The third kappa shape index (κ3) is 6.32. The van der Waals surface area contributed by atoms with Gasteiger partial charge in [-0.3, -0.25) is 9.69 Å². The average Bonchev–Trinajstić information content (AvgIpc) is 2.54. The maximum absolute atomic E-state index is 11.7. The smallest absolute Gasteiger partial charge is 0.220 e. The lowest BCUT2D eigenvalue weighted by Gasteiger charge is -2.34. The third-order valence-electron chi connectivity index (χ3n) is 4.42. The Balaban J connectivity index is 1.75. The van der Waals surface area contributed by atoms with Crippen molar-refractivity contribution in [2.45, 2.75) is 40.3 Å². The molecule has 1 fully saturated rings. The zero-order valence-electron chi connectivity index (χ0n) is 14.8. The van der Waals surface area contributed by atoms with Gasteiger partial charge in [0, 0.05) is 45.7 Å². The van der Waals surface area contributed by atoms with Crippen molar-refractivity contribution >= 4 is 5.91 Å². The standard InChI is InChI=1S/C19H31N3O/c1-4-21-9-11-22(12-10-21)15-18-7-5-17(6-8-18)14-20-19(23)13-16(2)3/h5-8,16H,4,9-15H2,1-3H3,(H,20,23). The van der Waals surface area contributed by atoms with Gasteiger partial charge in [-0.25, -0.2) is 0 Å². The molecule has 1 N–H and O–H groups in total. The molecular formula is C19H31N3O. The summed E-state index contributed by atoms with van der Waals surface area (Å²) in [6.07, 6.45) is 0.599. The molecule has 0 saturated carbocycles. The number of likely N-dealkylation sites (N-methyl/N-ethyl adjacent to an activating group) is 1. The van der Waals surface area contributed by atoms with Crippen molar-refractivity contribution in [3.8, 4) is 0 Å². The van der Waals surface area contributed by atoms with E-state index in [1.807, 2.05) is 0 Å². The summed E-state index contributed by atoms with van der Waals surface area (Å²) >= 11 is 0.